The van der Waals surface area contributed by atoms with Gasteiger partial charge >= 0.3 is 6.03 Å². The van der Waals surface area contributed by atoms with E-state index in [1.165, 1.54) is 16.7 Å². The minimum absolute atomic E-state index is 0.353. The quantitative estimate of drug-likeness (QED) is 0.823. The van der Waals surface area contributed by atoms with Gasteiger partial charge in [0.1, 0.15) is 0 Å². The lowest BCUT2D eigenvalue weighted by Gasteiger charge is -2.36. The third-order valence-electron chi connectivity index (χ3n) is 4.20. The summed E-state index contributed by atoms with van der Waals surface area (Å²) in [5.74, 6) is 0.264. The number of carbonyl (C=O) groups excluding carboxylic acids is 2. The number of fused-ring (bicyclic) bond motifs is 1. The monoisotopic (exact) mass is 412 g/mol. The highest BCUT2D eigenvalue weighted by Crippen LogP contribution is 2.31. The van der Waals surface area contributed by atoms with E-state index in [2.05, 4.69) is 10.3 Å². The number of urea groups is 1. The Kier molecular flexibility index (Phi) is 5.79. The van der Waals surface area contributed by atoms with E-state index in [9.17, 15) is 9.59 Å². The fourth-order valence-corrected chi connectivity index (χ4v) is 4.20. The zero-order valence-corrected chi connectivity index (χ0v) is 16.6. The van der Waals surface area contributed by atoms with Gasteiger partial charge in [-0.05, 0) is 18.6 Å². The Balaban J connectivity index is 1.90. The Bertz CT molecular complexity index is 795. The van der Waals surface area contributed by atoms with Gasteiger partial charge in [-0.1, -0.05) is 59.2 Å². The molecule has 2 aliphatic heterocycles. The van der Waals surface area contributed by atoms with Gasteiger partial charge in [-0.3, -0.25) is 10.1 Å². The molecule has 0 aliphatic carbocycles. The lowest BCUT2D eigenvalue weighted by atomic mass is 10.1. The molecule has 3 amide bonds. The van der Waals surface area contributed by atoms with Crippen molar-refractivity contribution >= 4 is 52.1 Å². The number of halogens is 2. The second-order valence-corrected chi connectivity index (χ2v) is 7.99. The van der Waals surface area contributed by atoms with E-state index in [4.69, 9.17) is 23.2 Å². The maximum atomic E-state index is 12.5. The van der Waals surface area contributed by atoms with Gasteiger partial charge in [0.05, 0.1) is 0 Å². The Morgan fingerprint density at radius 2 is 2.12 bits per heavy atom. The van der Waals surface area contributed by atoms with E-state index >= 15 is 0 Å². The number of rotatable bonds is 4. The molecule has 138 valence electrons. The van der Waals surface area contributed by atoms with E-state index in [-0.39, 0.29) is 5.91 Å². The van der Waals surface area contributed by atoms with Crippen molar-refractivity contribution in [2.45, 2.75) is 25.7 Å². The van der Waals surface area contributed by atoms with Crippen LogP contribution < -0.4 is 5.32 Å². The number of nitrogens with one attached hydrogen (secondary N) is 1. The van der Waals surface area contributed by atoms with Crippen molar-refractivity contribution in [3.63, 3.8) is 0 Å². The normalized spacial score (nSPS) is 23.1. The Morgan fingerprint density at radius 3 is 2.81 bits per heavy atom. The fourth-order valence-electron chi connectivity index (χ4n) is 2.83. The molecule has 2 aliphatic rings. The van der Waals surface area contributed by atoms with Crippen molar-refractivity contribution in [1.29, 1.82) is 0 Å². The van der Waals surface area contributed by atoms with Crippen LogP contribution in [-0.2, 0) is 11.3 Å². The minimum Gasteiger partial charge on any atom is -0.331 e. The standard InChI is InChI=1S/C17H18Cl2N4O2S/c1-10(18)7-8-26-17-20-14-13(15(24)21-16(25)22(14)2)23(17)9-11-5-3-4-6-12(11)19/h3-7,13-14H,8-9H2,1-2H3,(H,21,24,25)/b10-7-. The first-order valence-electron chi connectivity index (χ1n) is 7.99. The summed E-state index contributed by atoms with van der Waals surface area (Å²) in [7, 11) is 1.63. The summed E-state index contributed by atoms with van der Waals surface area (Å²) in [6.45, 7) is 2.23. The maximum Gasteiger partial charge on any atom is 0.325 e. The Morgan fingerprint density at radius 1 is 1.38 bits per heavy atom. The lowest BCUT2D eigenvalue weighted by molar-refractivity contribution is -0.127. The number of thioether (sulfide) groups is 1. The fraction of sp³-hybridized carbons (Fsp3) is 0.353. The molecule has 0 bridgehead atoms. The number of likely N-dealkylation sites (N-methyl/N-ethyl adjacent to an activating group) is 1. The number of benzene rings is 1. The van der Waals surface area contributed by atoms with Crippen LogP contribution in [0.25, 0.3) is 0 Å². The predicted octanol–water partition coefficient (Wildman–Crippen LogP) is 3.26. The van der Waals surface area contributed by atoms with Crippen LogP contribution in [0.4, 0.5) is 4.79 Å². The first kappa shape index (κ1) is 19.1. The summed E-state index contributed by atoms with van der Waals surface area (Å²) in [4.78, 5) is 32.4. The SMILES string of the molecule is C/C(Cl)=C/CSC1=NC2C(C(=O)NC(=O)N2C)N1Cc1ccccc1Cl. The first-order chi connectivity index (χ1) is 12.4. The van der Waals surface area contributed by atoms with Crippen LogP contribution in [0.15, 0.2) is 40.4 Å². The van der Waals surface area contributed by atoms with Crippen molar-refractivity contribution in [2.24, 2.45) is 4.99 Å². The smallest absolute Gasteiger partial charge is 0.325 e. The highest BCUT2D eigenvalue weighted by Gasteiger charge is 2.48. The summed E-state index contributed by atoms with van der Waals surface area (Å²) in [5.41, 5.74) is 0.888. The Hall–Kier alpha value is -1.70. The molecule has 0 aromatic heterocycles. The van der Waals surface area contributed by atoms with Crippen LogP contribution in [0.1, 0.15) is 12.5 Å². The van der Waals surface area contributed by atoms with Crippen LogP contribution in [0.2, 0.25) is 5.02 Å². The van der Waals surface area contributed by atoms with E-state index in [0.29, 0.717) is 27.5 Å². The van der Waals surface area contributed by atoms with Gasteiger partial charge in [-0.2, -0.15) is 0 Å². The number of amides is 3. The second kappa shape index (κ2) is 7.90. The van der Waals surface area contributed by atoms with Gasteiger partial charge in [-0.15, -0.1) is 0 Å². The zero-order chi connectivity index (χ0) is 18.8. The molecule has 0 spiro atoms. The molecule has 1 aromatic carbocycles. The predicted molar refractivity (Wildman–Crippen MR) is 105 cm³/mol. The molecule has 0 saturated carbocycles. The average Bonchev–Trinajstić information content (AvgIpc) is 2.94. The van der Waals surface area contributed by atoms with Crippen LogP contribution >= 0.6 is 35.0 Å². The molecule has 9 heteroatoms. The van der Waals surface area contributed by atoms with Gasteiger partial charge in [0.25, 0.3) is 5.91 Å². The van der Waals surface area contributed by atoms with Gasteiger partial charge in [-0.25, -0.2) is 9.79 Å². The summed E-state index contributed by atoms with van der Waals surface area (Å²) in [6, 6.07) is 6.45. The molecule has 6 nitrogen and oxygen atoms in total. The van der Waals surface area contributed by atoms with E-state index in [1.807, 2.05) is 35.2 Å². The topological polar surface area (TPSA) is 65.0 Å². The van der Waals surface area contributed by atoms with E-state index in [1.54, 1.807) is 14.0 Å². The summed E-state index contributed by atoms with van der Waals surface area (Å²) >= 11 is 13.7. The average molecular weight is 413 g/mol. The largest absolute Gasteiger partial charge is 0.331 e. The van der Waals surface area contributed by atoms with Gasteiger partial charge in [0, 0.05) is 29.4 Å². The molecule has 3 rings (SSSR count). The molecular weight excluding hydrogens is 395 g/mol. The molecule has 26 heavy (non-hydrogen) atoms. The molecule has 2 heterocycles. The van der Waals surface area contributed by atoms with Crippen LogP contribution in [0.5, 0.6) is 0 Å². The van der Waals surface area contributed by atoms with Crippen molar-refractivity contribution in [3.8, 4) is 0 Å². The second-order valence-electron chi connectivity index (χ2n) is 6.00. The third kappa shape index (κ3) is 3.84. The molecule has 1 saturated heterocycles. The molecule has 2 unspecified atom stereocenters. The number of nitrogens with zero attached hydrogens (tertiary/aromatic N) is 3. The van der Waals surface area contributed by atoms with Crippen LogP contribution in [-0.4, -0.2) is 51.9 Å². The van der Waals surface area contributed by atoms with Gasteiger partial charge in [0.15, 0.2) is 17.4 Å². The highest BCUT2D eigenvalue weighted by atomic mass is 35.5. The first-order valence-corrected chi connectivity index (χ1v) is 9.73. The number of allylic oxidation sites excluding steroid dienone is 1. The van der Waals surface area contributed by atoms with Crippen LogP contribution in [0.3, 0.4) is 0 Å². The molecule has 1 aromatic rings. The third-order valence-corrected chi connectivity index (χ3v) is 5.65. The maximum absolute atomic E-state index is 12.5. The zero-order valence-electron chi connectivity index (χ0n) is 14.3. The Labute approximate surface area is 166 Å². The number of hydrogen-bond acceptors (Lipinski definition) is 5. The van der Waals surface area contributed by atoms with Crippen LogP contribution in [0, 0.1) is 0 Å². The molecule has 1 fully saturated rings. The molecule has 2 atom stereocenters. The molecule has 0 radical (unpaired) electrons. The summed E-state index contributed by atoms with van der Waals surface area (Å²) in [6.07, 6.45) is 1.32. The van der Waals surface area contributed by atoms with Crippen molar-refractivity contribution in [2.75, 3.05) is 12.8 Å². The number of amidine groups is 1. The molecular formula is C17H18Cl2N4O2S. The van der Waals surface area contributed by atoms with E-state index in [0.717, 1.165) is 5.56 Å². The lowest BCUT2D eigenvalue weighted by Crippen LogP contribution is -2.63. The number of carbonyl (C=O) groups is 2. The number of aliphatic imine (C=N–C) groups is 1. The minimum atomic E-state index is -0.586. The number of imide groups is 1. The van der Waals surface area contributed by atoms with Crippen molar-refractivity contribution in [1.82, 2.24) is 15.1 Å². The summed E-state index contributed by atoms with van der Waals surface area (Å²) < 4.78 is 0. The molecule has 1 N–H and O–H groups in total. The van der Waals surface area contributed by atoms with Gasteiger partial charge in [0.2, 0.25) is 0 Å². The van der Waals surface area contributed by atoms with Gasteiger partial charge < -0.3 is 9.80 Å². The number of hydrogen-bond donors (Lipinski definition) is 1. The van der Waals surface area contributed by atoms with Crippen molar-refractivity contribution < 1.29 is 9.59 Å². The van der Waals surface area contributed by atoms with E-state index < -0.39 is 18.2 Å². The summed E-state index contributed by atoms with van der Waals surface area (Å²) in [5, 5.41) is 4.38. The van der Waals surface area contributed by atoms with Crippen molar-refractivity contribution in [3.05, 3.63) is 46.0 Å². The highest BCUT2D eigenvalue weighted by molar-refractivity contribution is 8.13.